The minimum atomic E-state index is -0.512. The third-order valence-electron chi connectivity index (χ3n) is 3.48. The van der Waals surface area contributed by atoms with Gasteiger partial charge in [-0.05, 0) is 56.3 Å². The first-order valence-electron chi connectivity index (χ1n) is 8.75. The number of amides is 1. The normalized spacial score (nSPS) is 11.1. The summed E-state index contributed by atoms with van der Waals surface area (Å²) in [6.45, 7) is 8.77. The Morgan fingerprint density at radius 1 is 1.27 bits per heavy atom. The first-order chi connectivity index (χ1) is 12.3. The smallest absolute Gasteiger partial charge is 0.410 e. The van der Waals surface area contributed by atoms with Gasteiger partial charge in [0.15, 0.2) is 0 Å². The molecule has 1 amide bonds. The fourth-order valence-electron chi connectivity index (χ4n) is 2.43. The van der Waals surface area contributed by atoms with Crippen LogP contribution in [0.5, 0.6) is 0 Å². The highest BCUT2D eigenvalue weighted by Crippen LogP contribution is 2.18. The number of anilines is 1. The van der Waals surface area contributed by atoms with Crippen molar-refractivity contribution in [1.29, 1.82) is 5.41 Å². The molecule has 0 radical (unpaired) electrons. The van der Waals surface area contributed by atoms with Crippen molar-refractivity contribution in [2.75, 3.05) is 11.9 Å². The molecule has 26 heavy (non-hydrogen) atoms. The monoisotopic (exact) mass is 373 g/mol. The van der Waals surface area contributed by atoms with Gasteiger partial charge in [-0.2, -0.15) is 0 Å². The van der Waals surface area contributed by atoms with E-state index in [4.69, 9.17) is 10.1 Å². The van der Waals surface area contributed by atoms with Gasteiger partial charge < -0.3 is 15.0 Å². The lowest BCUT2D eigenvalue weighted by Crippen LogP contribution is -2.36. The van der Waals surface area contributed by atoms with Crippen LogP contribution in [0, 0.1) is 5.41 Å². The maximum Gasteiger partial charge on any atom is 0.410 e. The lowest BCUT2D eigenvalue weighted by atomic mass is 10.1. The molecule has 0 saturated carbocycles. The number of rotatable bonds is 6. The Bertz CT molecular complexity index is 736. The highest BCUT2D eigenvalue weighted by atomic mass is 32.1. The molecule has 6 heteroatoms. The number of hydrogen-bond acceptors (Lipinski definition) is 4. The van der Waals surface area contributed by atoms with Crippen molar-refractivity contribution >= 4 is 29.0 Å². The number of carbonyl (C=O) groups is 1. The zero-order valence-corrected chi connectivity index (χ0v) is 16.7. The Kier molecular flexibility index (Phi) is 6.80. The fraction of sp³-hybridized carbons (Fsp3) is 0.400. The number of benzene rings is 1. The number of ether oxygens (including phenoxy) is 1. The summed E-state index contributed by atoms with van der Waals surface area (Å²) in [6.07, 6.45) is 0.560. The van der Waals surface area contributed by atoms with Gasteiger partial charge in [-0.15, -0.1) is 11.3 Å². The van der Waals surface area contributed by atoms with E-state index in [0.717, 1.165) is 22.5 Å². The second kappa shape index (κ2) is 8.85. The van der Waals surface area contributed by atoms with Crippen molar-refractivity contribution in [2.24, 2.45) is 0 Å². The van der Waals surface area contributed by atoms with Crippen molar-refractivity contribution in [3.8, 4) is 0 Å². The number of nitrogens with zero attached hydrogens (tertiary/aromatic N) is 1. The maximum atomic E-state index is 12.4. The van der Waals surface area contributed by atoms with E-state index in [0.29, 0.717) is 18.9 Å². The predicted octanol–water partition coefficient (Wildman–Crippen LogP) is 5.33. The van der Waals surface area contributed by atoms with Crippen molar-refractivity contribution < 1.29 is 9.53 Å². The SMILES string of the molecule is CCCN(Cc1cccc(NC(=N)c2cccs2)c1)C(=O)OC(C)(C)C. The molecule has 1 aromatic heterocycles. The molecule has 0 fully saturated rings. The summed E-state index contributed by atoms with van der Waals surface area (Å²) in [5.41, 5.74) is 1.32. The molecule has 5 nitrogen and oxygen atoms in total. The van der Waals surface area contributed by atoms with Crippen LogP contribution < -0.4 is 5.32 Å². The summed E-state index contributed by atoms with van der Waals surface area (Å²) >= 11 is 1.52. The van der Waals surface area contributed by atoms with E-state index < -0.39 is 5.60 Å². The van der Waals surface area contributed by atoms with Gasteiger partial charge >= 0.3 is 6.09 Å². The third-order valence-corrected chi connectivity index (χ3v) is 4.37. The van der Waals surface area contributed by atoms with Gasteiger partial charge in [0.1, 0.15) is 11.4 Å². The molecule has 0 atom stereocenters. The molecule has 2 rings (SSSR count). The predicted molar refractivity (Wildman–Crippen MR) is 108 cm³/mol. The van der Waals surface area contributed by atoms with Crippen LogP contribution in [0.15, 0.2) is 41.8 Å². The van der Waals surface area contributed by atoms with E-state index in [2.05, 4.69) is 5.32 Å². The second-order valence-corrected chi connectivity index (χ2v) is 8.03. The van der Waals surface area contributed by atoms with E-state index in [-0.39, 0.29) is 6.09 Å². The summed E-state index contributed by atoms with van der Waals surface area (Å²) in [4.78, 5) is 15.0. The minimum absolute atomic E-state index is 0.302. The molecule has 1 aromatic carbocycles. The van der Waals surface area contributed by atoms with Crippen LogP contribution in [-0.4, -0.2) is 29.0 Å². The zero-order chi connectivity index (χ0) is 19.2. The Balaban J connectivity index is 2.07. The van der Waals surface area contributed by atoms with E-state index in [1.54, 1.807) is 4.90 Å². The van der Waals surface area contributed by atoms with Crippen LogP contribution in [0.4, 0.5) is 10.5 Å². The van der Waals surface area contributed by atoms with Crippen LogP contribution in [-0.2, 0) is 11.3 Å². The molecule has 0 aliphatic rings. The van der Waals surface area contributed by atoms with Crippen LogP contribution in [0.25, 0.3) is 0 Å². The number of amidine groups is 1. The van der Waals surface area contributed by atoms with Crippen molar-refractivity contribution in [2.45, 2.75) is 46.3 Å². The quantitative estimate of drug-likeness (QED) is 0.531. The summed E-state index contributed by atoms with van der Waals surface area (Å²) in [5.74, 6) is 0.370. The minimum Gasteiger partial charge on any atom is -0.444 e. The molecule has 140 valence electrons. The molecule has 0 unspecified atom stereocenters. The van der Waals surface area contributed by atoms with Crippen LogP contribution in [0.2, 0.25) is 0 Å². The van der Waals surface area contributed by atoms with Gasteiger partial charge in [-0.1, -0.05) is 25.1 Å². The van der Waals surface area contributed by atoms with Gasteiger partial charge in [0.2, 0.25) is 0 Å². The Morgan fingerprint density at radius 2 is 2.04 bits per heavy atom. The lowest BCUT2D eigenvalue weighted by molar-refractivity contribution is 0.0233. The van der Waals surface area contributed by atoms with E-state index in [9.17, 15) is 4.79 Å². The van der Waals surface area contributed by atoms with Gasteiger partial charge in [0, 0.05) is 18.8 Å². The summed E-state index contributed by atoms with van der Waals surface area (Å²) < 4.78 is 5.51. The molecule has 2 aromatic rings. The second-order valence-electron chi connectivity index (χ2n) is 7.08. The summed E-state index contributed by atoms with van der Waals surface area (Å²) in [7, 11) is 0. The van der Waals surface area contributed by atoms with E-state index in [1.165, 1.54) is 11.3 Å². The van der Waals surface area contributed by atoms with E-state index >= 15 is 0 Å². The molecule has 0 aliphatic heterocycles. The Morgan fingerprint density at radius 3 is 2.65 bits per heavy atom. The number of hydrogen-bond donors (Lipinski definition) is 2. The van der Waals surface area contributed by atoms with Gasteiger partial charge in [-0.25, -0.2) is 4.79 Å². The summed E-state index contributed by atoms with van der Waals surface area (Å²) in [5, 5.41) is 13.2. The molecule has 0 saturated heterocycles. The van der Waals surface area contributed by atoms with Crippen LogP contribution >= 0.6 is 11.3 Å². The summed E-state index contributed by atoms with van der Waals surface area (Å²) in [6, 6.07) is 11.6. The largest absolute Gasteiger partial charge is 0.444 e. The maximum absolute atomic E-state index is 12.4. The topological polar surface area (TPSA) is 65.4 Å². The third kappa shape index (κ3) is 6.19. The molecule has 2 N–H and O–H groups in total. The highest BCUT2D eigenvalue weighted by molar-refractivity contribution is 7.12. The Labute approximate surface area is 159 Å². The first kappa shape index (κ1) is 20.0. The number of carbonyl (C=O) groups excluding carboxylic acids is 1. The van der Waals surface area contributed by atoms with Gasteiger partial charge in [0.25, 0.3) is 0 Å². The van der Waals surface area contributed by atoms with Crippen molar-refractivity contribution in [1.82, 2.24) is 4.90 Å². The standard InChI is InChI=1S/C20H27N3O2S/c1-5-11-23(19(24)25-20(2,3)4)14-15-8-6-9-16(13-15)22-18(21)17-10-7-12-26-17/h6-10,12-13H,5,11,14H2,1-4H3,(H2,21,22). The molecule has 0 aliphatic carbocycles. The Hall–Kier alpha value is -2.34. The van der Waals surface area contributed by atoms with Crippen LogP contribution in [0.3, 0.4) is 0 Å². The van der Waals surface area contributed by atoms with Gasteiger partial charge in [-0.3, -0.25) is 5.41 Å². The zero-order valence-electron chi connectivity index (χ0n) is 15.8. The van der Waals surface area contributed by atoms with Crippen LogP contribution in [0.1, 0.15) is 44.6 Å². The molecule has 0 bridgehead atoms. The average Bonchev–Trinajstić information content (AvgIpc) is 3.08. The lowest BCUT2D eigenvalue weighted by Gasteiger charge is -2.27. The van der Waals surface area contributed by atoms with Gasteiger partial charge in [0.05, 0.1) is 4.88 Å². The molecular weight excluding hydrogens is 346 g/mol. The highest BCUT2D eigenvalue weighted by Gasteiger charge is 2.21. The number of nitrogens with one attached hydrogen (secondary N) is 2. The molecule has 1 heterocycles. The van der Waals surface area contributed by atoms with E-state index in [1.807, 2.05) is 69.5 Å². The molecular formula is C20H27N3O2S. The van der Waals surface area contributed by atoms with Crippen molar-refractivity contribution in [3.63, 3.8) is 0 Å². The first-order valence-corrected chi connectivity index (χ1v) is 9.63. The average molecular weight is 374 g/mol. The molecule has 0 spiro atoms. The fourth-order valence-corrected chi connectivity index (χ4v) is 3.06. The van der Waals surface area contributed by atoms with Crippen molar-refractivity contribution in [3.05, 3.63) is 52.2 Å². The number of thiophene rings is 1.